The smallest absolute Gasteiger partial charge is 0.341 e. The molecule has 0 fully saturated rings. The first kappa shape index (κ1) is 17.5. The minimum Gasteiger partial charge on any atom is -0.459 e. The zero-order chi connectivity index (χ0) is 18.8. The monoisotopic (exact) mass is 385 g/mol. The third-order valence-corrected chi connectivity index (χ3v) is 5.59. The van der Waals surface area contributed by atoms with Crippen LogP contribution in [0.3, 0.4) is 0 Å². The fourth-order valence-corrected chi connectivity index (χ4v) is 4.35. The van der Waals surface area contributed by atoms with Crippen LogP contribution in [0.25, 0.3) is 0 Å². The number of nitrogens with one attached hydrogen (secondary N) is 1. The summed E-state index contributed by atoms with van der Waals surface area (Å²) in [5.74, 6) is -1.07. The first-order chi connectivity index (χ1) is 13.1. The van der Waals surface area contributed by atoms with Gasteiger partial charge in [-0.25, -0.2) is 9.18 Å². The van der Waals surface area contributed by atoms with Gasteiger partial charge in [0, 0.05) is 4.88 Å². The number of carbonyl (C=O) groups is 2. The third kappa shape index (κ3) is 3.64. The van der Waals surface area contributed by atoms with Crippen LogP contribution in [0.2, 0.25) is 0 Å². The fourth-order valence-electron chi connectivity index (χ4n) is 3.08. The predicted octanol–water partition coefficient (Wildman–Crippen LogP) is 4.58. The number of ether oxygens (including phenoxy) is 1. The van der Waals surface area contributed by atoms with Gasteiger partial charge in [-0.05, 0) is 54.7 Å². The topological polar surface area (TPSA) is 68.5 Å². The Balaban J connectivity index is 1.54. The molecule has 0 saturated heterocycles. The molecule has 7 heteroatoms. The number of benzene rings is 1. The standard InChI is InChI=1S/C20H16FNO4S/c21-13-8-6-12(7-9-13)11-26-20(24)17-14-3-1-5-16(14)27-19(17)22-18(23)15-4-2-10-25-15/h2,4,6-10H,1,3,5,11H2,(H,22,23). The maximum Gasteiger partial charge on any atom is 0.341 e. The van der Waals surface area contributed by atoms with Crippen molar-refractivity contribution in [2.75, 3.05) is 5.32 Å². The first-order valence-electron chi connectivity index (χ1n) is 8.53. The predicted molar refractivity (Wildman–Crippen MR) is 98.5 cm³/mol. The molecule has 5 nitrogen and oxygen atoms in total. The molecule has 1 aromatic carbocycles. The van der Waals surface area contributed by atoms with Crippen molar-refractivity contribution in [2.24, 2.45) is 0 Å². The minimum atomic E-state index is -0.492. The van der Waals surface area contributed by atoms with Gasteiger partial charge in [0.25, 0.3) is 5.91 Å². The van der Waals surface area contributed by atoms with E-state index in [1.54, 1.807) is 24.3 Å². The van der Waals surface area contributed by atoms with E-state index in [0.29, 0.717) is 16.1 Å². The number of furan rings is 1. The van der Waals surface area contributed by atoms with E-state index in [1.807, 2.05) is 0 Å². The zero-order valence-corrected chi connectivity index (χ0v) is 15.1. The molecule has 4 rings (SSSR count). The molecular weight excluding hydrogens is 369 g/mol. The number of hydrogen-bond acceptors (Lipinski definition) is 5. The molecule has 1 N–H and O–H groups in total. The average molecular weight is 385 g/mol. The molecule has 2 aromatic heterocycles. The summed E-state index contributed by atoms with van der Waals surface area (Å²) in [5, 5.41) is 3.24. The van der Waals surface area contributed by atoms with Crippen LogP contribution in [0.4, 0.5) is 9.39 Å². The second-order valence-corrected chi connectivity index (χ2v) is 7.30. The van der Waals surface area contributed by atoms with Crippen molar-refractivity contribution in [3.05, 3.63) is 75.8 Å². The molecule has 1 aliphatic carbocycles. The van der Waals surface area contributed by atoms with E-state index in [1.165, 1.54) is 29.7 Å². The molecule has 0 atom stereocenters. The normalized spacial score (nSPS) is 12.6. The summed E-state index contributed by atoms with van der Waals surface area (Å²) in [4.78, 5) is 26.1. The van der Waals surface area contributed by atoms with E-state index in [2.05, 4.69) is 5.32 Å². The summed E-state index contributed by atoms with van der Waals surface area (Å²) in [6.45, 7) is 0.0370. The molecule has 1 aliphatic rings. The zero-order valence-electron chi connectivity index (χ0n) is 14.3. The molecule has 2 heterocycles. The quantitative estimate of drug-likeness (QED) is 0.653. The molecule has 0 unspecified atom stereocenters. The van der Waals surface area contributed by atoms with Gasteiger partial charge in [0.15, 0.2) is 5.76 Å². The number of aryl methyl sites for hydroxylation is 1. The van der Waals surface area contributed by atoms with Gasteiger partial charge in [-0.3, -0.25) is 4.79 Å². The lowest BCUT2D eigenvalue weighted by molar-refractivity contribution is 0.0473. The average Bonchev–Trinajstić information content (AvgIpc) is 3.38. The molecular formula is C20H16FNO4S. The van der Waals surface area contributed by atoms with Crippen LogP contribution in [0, 0.1) is 5.82 Å². The number of halogens is 1. The molecule has 27 heavy (non-hydrogen) atoms. The number of carbonyl (C=O) groups excluding carboxylic acids is 2. The van der Waals surface area contributed by atoms with Gasteiger partial charge < -0.3 is 14.5 Å². The molecule has 1 amide bonds. The van der Waals surface area contributed by atoms with Gasteiger partial charge in [-0.15, -0.1) is 11.3 Å². The van der Waals surface area contributed by atoms with Crippen LogP contribution in [-0.2, 0) is 24.2 Å². The van der Waals surface area contributed by atoms with Gasteiger partial charge in [-0.1, -0.05) is 12.1 Å². The molecule has 0 spiro atoms. The van der Waals surface area contributed by atoms with E-state index >= 15 is 0 Å². The number of esters is 1. The number of fused-ring (bicyclic) bond motifs is 1. The lowest BCUT2D eigenvalue weighted by Crippen LogP contribution is -2.14. The lowest BCUT2D eigenvalue weighted by atomic mass is 10.1. The Morgan fingerprint density at radius 2 is 2.00 bits per heavy atom. The number of anilines is 1. The highest BCUT2D eigenvalue weighted by Crippen LogP contribution is 2.39. The van der Waals surface area contributed by atoms with E-state index < -0.39 is 11.9 Å². The van der Waals surface area contributed by atoms with Gasteiger partial charge in [-0.2, -0.15) is 0 Å². The highest BCUT2D eigenvalue weighted by molar-refractivity contribution is 7.17. The SMILES string of the molecule is O=C(Nc1sc2c(c1C(=O)OCc1ccc(F)cc1)CCC2)c1ccco1. The van der Waals surface area contributed by atoms with Crippen molar-refractivity contribution in [3.63, 3.8) is 0 Å². The first-order valence-corrected chi connectivity index (χ1v) is 9.34. The van der Waals surface area contributed by atoms with Crippen molar-refractivity contribution in [2.45, 2.75) is 25.9 Å². The second kappa shape index (κ2) is 7.36. The Morgan fingerprint density at radius 3 is 2.74 bits per heavy atom. The number of hydrogen-bond donors (Lipinski definition) is 1. The Kier molecular flexibility index (Phi) is 4.77. The van der Waals surface area contributed by atoms with Crippen LogP contribution in [-0.4, -0.2) is 11.9 Å². The summed E-state index contributed by atoms with van der Waals surface area (Å²) in [7, 11) is 0. The molecule has 0 saturated carbocycles. The van der Waals surface area contributed by atoms with E-state index in [9.17, 15) is 14.0 Å². The molecule has 0 bridgehead atoms. The minimum absolute atomic E-state index is 0.0370. The molecule has 0 aliphatic heterocycles. The summed E-state index contributed by atoms with van der Waals surface area (Å²) >= 11 is 1.40. The summed E-state index contributed by atoms with van der Waals surface area (Å²) in [6.07, 6.45) is 4.06. The van der Waals surface area contributed by atoms with Crippen LogP contribution in [0.1, 0.15) is 43.3 Å². The summed E-state index contributed by atoms with van der Waals surface area (Å²) in [5.41, 5.74) is 2.05. The summed E-state index contributed by atoms with van der Waals surface area (Å²) < 4.78 is 23.5. The van der Waals surface area contributed by atoms with Crippen molar-refractivity contribution in [1.82, 2.24) is 0 Å². The van der Waals surface area contributed by atoms with E-state index in [-0.39, 0.29) is 18.2 Å². The van der Waals surface area contributed by atoms with Gasteiger partial charge in [0.1, 0.15) is 17.4 Å². The van der Waals surface area contributed by atoms with Crippen molar-refractivity contribution >= 4 is 28.2 Å². The van der Waals surface area contributed by atoms with Crippen LogP contribution < -0.4 is 5.32 Å². The highest BCUT2D eigenvalue weighted by atomic mass is 32.1. The van der Waals surface area contributed by atoms with E-state index in [0.717, 1.165) is 29.7 Å². The number of rotatable bonds is 5. The van der Waals surface area contributed by atoms with Crippen LogP contribution in [0.15, 0.2) is 47.1 Å². The maximum atomic E-state index is 13.0. The van der Waals surface area contributed by atoms with Crippen molar-refractivity contribution < 1.29 is 23.1 Å². The molecule has 3 aromatic rings. The van der Waals surface area contributed by atoms with Crippen molar-refractivity contribution in [1.29, 1.82) is 0 Å². The summed E-state index contributed by atoms with van der Waals surface area (Å²) in [6, 6.07) is 8.96. The van der Waals surface area contributed by atoms with Crippen molar-refractivity contribution in [3.8, 4) is 0 Å². The highest BCUT2D eigenvalue weighted by Gasteiger charge is 2.29. The van der Waals surface area contributed by atoms with Gasteiger partial charge in [0.2, 0.25) is 0 Å². The second-order valence-electron chi connectivity index (χ2n) is 6.20. The largest absolute Gasteiger partial charge is 0.459 e. The Morgan fingerprint density at radius 1 is 1.19 bits per heavy atom. The Hall–Kier alpha value is -2.93. The van der Waals surface area contributed by atoms with Crippen LogP contribution in [0.5, 0.6) is 0 Å². The number of amides is 1. The van der Waals surface area contributed by atoms with Crippen LogP contribution >= 0.6 is 11.3 Å². The lowest BCUT2D eigenvalue weighted by Gasteiger charge is -2.08. The Labute approximate surface area is 158 Å². The van der Waals surface area contributed by atoms with Gasteiger partial charge >= 0.3 is 5.97 Å². The third-order valence-electron chi connectivity index (χ3n) is 4.38. The maximum absolute atomic E-state index is 13.0. The Bertz CT molecular complexity index is 976. The number of thiophene rings is 1. The van der Waals surface area contributed by atoms with E-state index in [4.69, 9.17) is 9.15 Å². The fraction of sp³-hybridized carbons (Fsp3) is 0.200. The van der Waals surface area contributed by atoms with Gasteiger partial charge in [0.05, 0.1) is 11.8 Å². The molecule has 0 radical (unpaired) electrons. The molecule has 138 valence electrons.